The number of nitrogens with zero attached hydrogens (tertiary/aromatic N) is 3. The number of benzene rings is 2. The SMILES string of the molecule is Cc1ccc(OCc2nn(C)c3c2CN(C(=O)Nc2cccc(C)c2)CC3)cc1. The van der Waals surface area contributed by atoms with E-state index in [1.165, 1.54) is 11.3 Å². The van der Waals surface area contributed by atoms with Gasteiger partial charge in [-0.25, -0.2) is 4.79 Å². The first-order chi connectivity index (χ1) is 14.0. The fourth-order valence-electron chi connectivity index (χ4n) is 3.67. The van der Waals surface area contributed by atoms with Crippen LogP contribution in [0.5, 0.6) is 5.75 Å². The highest BCUT2D eigenvalue weighted by Crippen LogP contribution is 2.24. The van der Waals surface area contributed by atoms with Gasteiger partial charge in [-0.15, -0.1) is 0 Å². The first-order valence-electron chi connectivity index (χ1n) is 9.85. The zero-order valence-electron chi connectivity index (χ0n) is 17.1. The lowest BCUT2D eigenvalue weighted by molar-refractivity contribution is 0.205. The van der Waals surface area contributed by atoms with Gasteiger partial charge >= 0.3 is 6.03 Å². The molecule has 150 valence electrons. The number of nitrogens with one attached hydrogen (secondary N) is 1. The molecule has 6 nitrogen and oxygen atoms in total. The fourth-order valence-corrected chi connectivity index (χ4v) is 3.67. The number of urea groups is 1. The van der Waals surface area contributed by atoms with Gasteiger partial charge in [-0.3, -0.25) is 4.68 Å². The van der Waals surface area contributed by atoms with Crippen molar-refractivity contribution >= 4 is 11.7 Å². The minimum absolute atomic E-state index is 0.0875. The maximum atomic E-state index is 12.8. The lowest BCUT2D eigenvalue weighted by Gasteiger charge is -2.28. The number of hydrogen-bond acceptors (Lipinski definition) is 3. The number of ether oxygens (including phenoxy) is 1. The Morgan fingerprint density at radius 3 is 2.69 bits per heavy atom. The summed E-state index contributed by atoms with van der Waals surface area (Å²) in [7, 11) is 1.96. The molecule has 0 radical (unpaired) electrons. The van der Waals surface area contributed by atoms with Crippen LogP contribution in [0.4, 0.5) is 10.5 Å². The minimum atomic E-state index is -0.0875. The van der Waals surface area contributed by atoms with Gasteiger partial charge in [0.15, 0.2) is 0 Å². The van der Waals surface area contributed by atoms with Crippen molar-refractivity contribution in [1.82, 2.24) is 14.7 Å². The Kier molecular flexibility index (Phi) is 5.25. The number of fused-ring (bicyclic) bond motifs is 1. The maximum Gasteiger partial charge on any atom is 0.322 e. The molecule has 29 heavy (non-hydrogen) atoms. The quantitative estimate of drug-likeness (QED) is 0.726. The van der Waals surface area contributed by atoms with E-state index in [1.807, 2.05) is 72.1 Å². The van der Waals surface area contributed by atoms with Crippen molar-refractivity contribution < 1.29 is 9.53 Å². The van der Waals surface area contributed by atoms with Gasteiger partial charge < -0.3 is 15.0 Å². The van der Waals surface area contributed by atoms with Crippen molar-refractivity contribution in [2.24, 2.45) is 7.05 Å². The summed E-state index contributed by atoms with van der Waals surface area (Å²) in [6, 6.07) is 15.7. The number of aromatic nitrogens is 2. The van der Waals surface area contributed by atoms with E-state index < -0.39 is 0 Å². The van der Waals surface area contributed by atoms with Gasteiger partial charge in [0.05, 0.1) is 6.54 Å². The summed E-state index contributed by atoms with van der Waals surface area (Å²) in [5.41, 5.74) is 6.28. The summed E-state index contributed by atoms with van der Waals surface area (Å²) >= 11 is 0. The Morgan fingerprint density at radius 1 is 1.14 bits per heavy atom. The van der Waals surface area contributed by atoms with Gasteiger partial charge in [0.1, 0.15) is 18.1 Å². The zero-order valence-corrected chi connectivity index (χ0v) is 17.1. The van der Waals surface area contributed by atoms with Crippen molar-refractivity contribution in [3.63, 3.8) is 0 Å². The Hall–Kier alpha value is -3.28. The molecular formula is C23H26N4O2. The van der Waals surface area contributed by atoms with Crippen LogP contribution in [0.15, 0.2) is 48.5 Å². The van der Waals surface area contributed by atoms with Gasteiger partial charge in [-0.05, 0) is 43.7 Å². The highest BCUT2D eigenvalue weighted by molar-refractivity contribution is 5.89. The molecule has 1 aromatic heterocycles. The van der Waals surface area contributed by atoms with Crippen molar-refractivity contribution in [2.75, 3.05) is 11.9 Å². The molecular weight excluding hydrogens is 364 g/mol. The Balaban J connectivity index is 1.46. The summed E-state index contributed by atoms with van der Waals surface area (Å²) in [6.07, 6.45) is 0.782. The number of carbonyl (C=O) groups is 1. The van der Waals surface area contributed by atoms with Crippen LogP contribution in [-0.4, -0.2) is 27.3 Å². The number of carbonyl (C=O) groups excluding carboxylic acids is 1. The predicted octanol–water partition coefficient (Wildman–Crippen LogP) is 4.21. The standard InChI is InChI=1S/C23H26N4O2/c1-16-7-9-19(10-8-16)29-15-21-20-14-27(12-11-22(20)26(3)25-21)23(28)24-18-6-4-5-17(2)13-18/h4-10,13H,11-12,14-15H2,1-3H3,(H,24,28). The normalized spacial score (nSPS) is 13.1. The molecule has 0 aliphatic carbocycles. The fraction of sp³-hybridized carbons (Fsp3) is 0.304. The van der Waals surface area contributed by atoms with E-state index in [9.17, 15) is 4.79 Å². The van der Waals surface area contributed by atoms with Gasteiger partial charge in [0.25, 0.3) is 0 Å². The third-order valence-electron chi connectivity index (χ3n) is 5.28. The van der Waals surface area contributed by atoms with E-state index in [0.717, 1.165) is 34.7 Å². The highest BCUT2D eigenvalue weighted by Gasteiger charge is 2.27. The number of rotatable bonds is 4. The van der Waals surface area contributed by atoms with Crippen LogP contribution in [0.3, 0.4) is 0 Å². The Labute approximate surface area is 171 Å². The van der Waals surface area contributed by atoms with Gasteiger partial charge in [0.2, 0.25) is 0 Å². The summed E-state index contributed by atoms with van der Waals surface area (Å²) in [4.78, 5) is 14.6. The minimum Gasteiger partial charge on any atom is -0.487 e. The highest BCUT2D eigenvalue weighted by atomic mass is 16.5. The van der Waals surface area contributed by atoms with E-state index in [0.29, 0.717) is 19.7 Å². The molecule has 6 heteroatoms. The smallest absolute Gasteiger partial charge is 0.322 e. The van der Waals surface area contributed by atoms with Crippen LogP contribution in [0.25, 0.3) is 0 Å². The lowest BCUT2D eigenvalue weighted by atomic mass is 10.1. The van der Waals surface area contributed by atoms with Crippen LogP contribution in [0.1, 0.15) is 28.1 Å². The topological polar surface area (TPSA) is 59.4 Å². The average molecular weight is 390 g/mol. The second kappa shape index (κ2) is 7.99. The molecule has 1 aliphatic heterocycles. The molecule has 0 saturated heterocycles. The molecule has 0 atom stereocenters. The van der Waals surface area contributed by atoms with Crippen molar-refractivity contribution in [1.29, 1.82) is 0 Å². The summed E-state index contributed by atoms with van der Waals surface area (Å²) in [6.45, 7) is 5.66. The van der Waals surface area contributed by atoms with Gasteiger partial charge in [-0.2, -0.15) is 5.10 Å². The molecule has 0 fully saturated rings. The maximum absolute atomic E-state index is 12.8. The van der Waals surface area contributed by atoms with Gasteiger partial charge in [-0.1, -0.05) is 29.8 Å². The molecule has 1 aliphatic rings. The van der Waals surface area contributed by atoms with E-state index in [1.54, 1.807) is 0 Å². The number of anilines is 1. The largest absolute Gasteiger partial charge is 0.487 e. The van der Waals surface area contributed by atoms with Crippen LogP contribution < -0.4 is 10.1 Å². The van der Waals surface area contributed by atoms with Crippen LogP contribution in [0, 0.1) is 13.8 Å². The average Bonchev–Trinajstić information content (AvgIpc) is 3.03. The molecule has 2 amide bonds. The molecule has 0 unspecified atom stereocenters. The third-order valence-corrected chi connectivity index (χ3v) is 5.28. The van der Waals surface area contributed by atoms with E-state index in [-0.39, 0.29) is 6.03 Å². The summed E-state index contributed by atoms with van der Waals surface area (Å²) in [5.74, 6) is 0.819. The first kappa shape index (κ1) is 19.1. The lowest BCUT2D eigenvalue weighted by Crippen LogP contribution is -2.39. The summed E-state index contributed by atoms with van der Waals surface area (Å²) < 4.78 is 7.85. The van der Waals surface area contributed by atoms with Gasteiger partial charge in [0, 0.05) is 37.0 Å². The summed E-state index contributed by atoms with van der Waals surface area (Å²) in [5, 5.41) is 7.65. The Morgan fingerprint density at radius 2 is 1.93 bits per heavy atom. The molecule has 2 aromatic carbocycles. The third kappa shape index (κ3) is 4.26. The van der Waals surface area contributed by atoms with Crippen LogP contribution in [0.2, 0.25) is 0 Å². The molecule has 2 heterocycles. The molecule has 0 saturated carbocycles. The monoisotopic (exact) mass is 390 g/mol. The number of hydrogen-bond donors (Lipinski definition) is 1. The molecule has 1 N–H and O–H groups in total. The Bertz CT molecular complexity index is 1020. The molecule has 3 aromatic rings. The number of amides is 2. The van der Waals surface area contributed by atoms with E-state index in [2.05, 4.69) is 17.3 Å². The molecule has 0 bridgehead atoms. The van der Waals surface area contributed by atoms with Crippen LogP contribution in [-0.2, 0) is 26.6 Å². The number of aryl methyl sites for hydroxylation is 3. The van der Waals surface area contributed by atoms with Crippen molar-refractivity contribution in [3.05, 3.63) is 76.6 Å². The van der Waals surface area contributed by atoms with E-state index in [4.69, 9.17) is 4.74 Å². The van der Waals surface area contributed by atoms with E-state index >= 15 is 0 Å². The van der Waals surface area contributed by atoms with Crippen molar-refractivity contribution in [3.8, 4) is 5.75 Å². The molecule has 4 rings (SSSR count). The first-order valence-corrected chi connectivity index (χ1v) is 9.85. The van der Waals surface area contributed by atoms with Crippen molar-refractivity contribution in [2.45, 2.75) is 33.4 Å². The zero-order chi connectivity index (χ0) is 20.4. The predicted molar refractivity (Wildman–Crippen MR) is 113 cm³/mol. The molecule has 0 spiro atoms. The second-order valence-corrected chi connectivity index (χ2v) is 7.57. The second-order valence-electron chi connectivity index (χ2n) is 7.57. The van der Waals surface area contributed by atoms with Crippen LogP contribution >= 0.6 is 0 Å².